The van der Waals surface area contributed by atoms with Gasteiger partial charge in [-0.1, -0.05) is 38.0 Å². The lowest BCUT2D eigenvalue weighted by molar-refractivity contribution is 0.297. The van der Waals surface area contributed by atoms with Gasteiger partial charge in [-0.2, -0.15) is 0 Å². The summed E-state index contributed by atoms with van der Waals surface area (Å²) in [6.45, 7) is 3.46. The molecule has 1 unspecified atom stereocenters. The largest absolute Gasteiger partial charge is 0.496 e. The maximum absolute atomic E-state index is 5.48. The first-order valence-electron chi connectivity index (χ1n) is 7.16. The molecule has 0 amide bonds. The van der Waals surface area contributed by atoms with Crippen molar-refractivity contribution in [2.75, 3.05) is 13.7 Å². The van der Waals surface area contributed by atoms with E-state index < -0.39 is 0 Å². The fourth-order valence-electron chi connectivity index (χ4n) is 3.00. The van der Waals surface area contributed by atoms with Crippen molar-refractivity contribution in [2.45, 2.75) is 51.0 Å². The van der Waals surface area contributed by atoms with E-state index in [0.29, 0.717) is 0 Å². The van der Waals surface area contributed by atoms with Crippen LogP contribution in [-0.4, -0.2) is 19.2 Å². The van der Waals surface area contributed by atoms with Gasteiger partial charge in [0.25, 0.3) is 0 Å². The molecule has 0 aliphatic carbocycles. The molecular formula is C16H25NO. The van der Waals surface area contributed by atoms with E-state index in [1.807, 2.05) is 6.07 Å². The normalized spacial score (nSPS) is 24.6. The summed E-state index contributed by atoms with van der Waals surface area (Å²) < 4.78 is 5.48. The molecule has 1 aromatic rings. The van der Waals surface area contributed by atoms with Gasteiger partial charge in [-0.3, -0.25) is 0 Å². The van der Waals surface area contributed by atoms with Crippen molar-refractivity contribution in [2.24, 2.45) is 0 Å². The van der Waals surface area contributed by atoms with E-state index in [9.17, 15) is 0 Å². The van der Waals surface area contributed by atoms with Crippen LogP contribution in [-0.2, 0) is 6.42 Å². The summed E-state index contributed by atoms with van der Waals surface area (Å²) in [6.07, 6.45) is 7.56. The second-order valence-electron chi connectivity index (χ2n) is 5.36. The fourth-order valence-corrected chi connectivity index (χ4v) is 3.00. The van der Waals surface area contributed by atoms with Crippen molar-refractivity contribution >= 4 is 0 Å². The van der Waals surface area contributed by atoms with Gasteiger partial charge in [-0.15, -0.1) is 0 Å². The van der Waals surface area contributed by atoms with Gasteiger partial charge in [0.15, 0.2) is 0 Å². The average molecular weight is 247 g/mol. The van der Waals surface area contributed by atoms with Gasteiger partial charge in [-0.25, -0.2) is 0 Å². The predicted octanol–water partition coefficient (Wildman–Crippen LogP) is 3.55. The molecule has 1 aliphatic rings. The zero-order chi connectivity index (χ0) is 12.8. The van der Waals surface area contributed by atoms with Crippen LogP contribution in [0.25, 0.3) is 0 Å². The van der Waals surface area contributed by atoms with E-state index in [0.717, 1.165) is 18.7 Å². The number of nitrogens with one attached hydrogen (secondary N) is 1. The van der Waals surface area contributed by atoms with E-state index in [1.54, 1.807) is 7.11 Å². The molecule has 2 nitrogen and oxygen atoms in total. The molecular weight excluding hydrogens is 222 g/mol. The highest BCUT2D eigenvalue weighted by Gasteiger charge is 2.29. The lowest BCUT2D eigenvalue weighted by Gasteiger charge is -2.33. The molecule has 0 bridgehead atoms. The summed E-state index contributed by atoms with van der Waals surface area (Å²) in [5.41, 5.74) is 1.60. The zero-order valence-electron chi connectivity index (χ0n) is 11.7. The molecule has 1 aliphatic heterocycles. The number of rotatable bonds is 4. The highest BCUT2D eigenvalue weighted by molar-refractivity contribution is 5.34. The molecule has 2 heteroatoms. The smallest absolute Gasteiger partial charge is 0.122 e. The third-order valence-electron chi connectivity index (χ3n) is 4.23. The minimum absolute atomic E-state index is 0.269. The number of hydrogen-bond donors (Lipinski definition) is 1. The summed E-state index contributed by atoms with van der Waals surface area (Å²) in [4.78, 5) is 0. The van der Waals surface area contributed by atoms with Crippen molar-refractivity contribution in [3.8, 4) is 5.75 Å². The maximum Gasteiger partial charge on any atom is 0.122 e. The third kappa shape index (κ3) is 3.05. The average Bonchev–Trinajstić information content (AvgIpc) is 2.66. The predicted molar refractivity (Wildman–Crippen MR) is 76.2 cm³/mol. The first-order chi connectivity index (χ1) is 8.79. The van der Waals surface area contributed by atoms with E-state index in [1.165, 1.54) is 37.7 Å². The van der Waals surface area contributed by atoms with Crippen LogP contribution in [0.1, 0.15) is 44.6 Å². The Balaban J connectivity index is 2.18. The van der Waals surface area contributed by atoms with Crippen LogP contribution < -0.4 is 10.1 Å². The lowest BCUT2D eigenvalue weighted by Crippen LogP contribution is -2.46. The van der Waals surface area contributed by atoms with Gasteiger partial charge in [0, 0.05) is 5.54 Å². The van der Waals surface area contributed by atoms with Crippen molar-refractivity contribution < 1.29 is 4.74 Å². The fraction of sp³-hybridized carbons (Fsp3) is 0.625. The molecule has 1 atom stereocenters. The first kappa shape index (κ1) is 13.4. The van der Waals surface area contributed by atoms with Crippen molar-refractivity contribution in [1.82, 2.24) is 5.32 Å². The summed E-state index contributed by atoms with van der Waals surface area (Å²) >= 11 is 0. The van der Waals surface area contributed by atoms with Crippen LogP contribution in [0, 0.1) is 0 Å². The first-order valence-corrected chi connectivity index (χ1v) is 7.16. The zero-order valence-corrected chi connectivity index (χ0v) is 11.7. The van der Waals surface area contributed by atoms with E-state index in [4.69, 9.17) is 4.74 Å². The second-order valence-corrected chi connectivity index (χ2v) is 5.36. The standard InChI is InChI=1S/C16H25NO/c1-3-16(11-7-4-8-12-17-16)13-14-9-5-6-10-15(14)18-2/h5-6,9-10,17H,3-4,7-8,11-13H2,1-2H3. The Morgan fingerprint density at radius 1 is 1.22 bits per heavy atom. The van der Waals surface area contributed by atoms with Crippen LogP contribution in [0.4, 0.5) is 0 Å². The molecule has 1 saturated heterocycles. The second kappa shape index (κ2) is 6.24. The minimum Gasteiger partial charge on any atom is -0.496 e. The summed E-state index contributed by atoms with van der Waals surface area (Å²) in [7, 11) is 1.76. The van der Waals surface area contributed by atoms with Crippen LogP contribution in [0.2, 0.25) is 0 Å². The number of hydrogen-bond acceptors (Lipinski definition) is 2. The monoisotopic (exact) mass is 247 g/mol. The Labute approximate surface area is 111 Å². The van der Waals surface area contributed by atoms with Crippen molar-refractivity contribution in [1.29, 1.82) is 0 Å². The van der Waals surface area contributed by atoms with E-state index in [2.05, 4.69) is 30.4 Å². The molecule has 0 spiro atoms. The lowest BCUT2D eigenvalue weighted by atomic mass is 9.84. The van der Waals surface area contributed by atoms with Gasteiger partial charge in [0.2, 0.25) is 0 Å². The highest BCUT2D eigenvalue weighted by Crippen LogP contribution is 2.30. The molecule has 0 radical (unpaired) electrons. The third-order valence-corrected chi connectivity index (χ3v) is 4.23. The molecule has 1 heterocycles. The van der Waals surface area contributed by atoms with Gasteiger partial charge in [0.1, 0.15) is 5.75 Å². The van der Waals surface area contributed by atoms with Gasteiger partial charge >= 0.3 is 0 Å². The van der Waals surface area contributed by atoms with Gasteiger partial charge < -0.3 is 10.1 Å². The Bertz CT molecular complexity index is 367. The molecule has 1 fully saturated rings. The Hall–Kier alpha value is -1.02. The summed E-state index contributed by atoms with van der Waals surface area (Å²) in [6, 6.07) is 8.41. The Kier molecular flexibility index (Phi) is 4.65. The number of ether oxygens (including phenoxy) is 1. The number of benzene rings is 1. The molecule has 2 rings (SSSR count). The summed E-state index contributed by atoms with van der Waals surface area (Å²) in [5, 5.41) is 3.79. The topological polar surface area (TPSA) is 21.3 Å². The molecule has 100 valence electrons. The summed E-state index contributed by atoms with van der Waals surface area (Å²) in [5.74, 6) is 1.02. The van der Waals surface area contributed by atoms with Crippen LogP contribution >= 0.6 is 0 Å². The van der Waals surface area contributed by atoms with Crippen molar-refractivity contribution in [3.63, 3.8) is 0 Å². The minimum atomic E-state index is 0.269. The van der Waals surface area contributed by atoms with Crippen LogP contribution in [0.5, 0.6) is 5.75 Å². The van der Waals surface area contributed by atoms with Gasteiger partial charge in [-0.05, 0) is 43.9 Å². The number of para-hydroxylation sites is 1. The van der Waals surface area contributed by atoms with Crippen LogP contribution in [0.15, 0.2) is 24.3 Å². The molecule has 1 N–H and O–H groups in total. The number of methoxy groups -OCH3 is 1. The molecule has 0 aromatic heterocycles. The van der Waals surface area contributed by atoms with E-state index in [-0.39, 0.29) is 5.54 Å². The maximum atomic E-state index is 5.48. The van der Waals surface area contributed by atoms with Crippen molar-refractivity contribution in [3.05, 3.63) is 29.8 Å². The molecule has 18 heavy (non-hydrogen) atoms. The Morgan fingerprint density at radius 3 is 2.83 bits per heavy atom. The highest BCUT2D eigenvalue weighted by atomic mass is 16.5. The van der Waals surface area contributed by atoms with Gasteiger partial charge in [0.05, 0.1) is 7.11 Å². The molecule has 1 aromatic carbocycles. The van der Waals surface area contributed by atoms with Crippen LogP contribution in [0.3, 0.4) is 0 Å². The SMILES string of the molecule is CCC1(Cc2ccccc2OC)CCCCCN1. The molecule has 0 saturated carbocycles. The van der Waals surface area contributed by atoms with E-state index >= 15 is 0 Å². The Morgan fingerprint density at radius 2 is 2.06 bits per heavy atom. The quantitative estimate of drug-likeness (QED) is 0.878.